The standard InChI is InChI=1S/C10H12O4/c1-6(2)3-8(12)9-4-7(11)5-10(13)14-9/h4-6,11H,3H2,1-2H3. The third kappa shape index (κ3) is 2.73. The minimum atomic E-state index is -0.711. The Morgan fingerprint density at radius 3 is 2.64 bits per heavy atom. The zero-order chi connectivity index (χ0) is 10.7. The lowest BCUT2D eigenvalue weighted by molar-refractivity contribution is 0.0935. The summed E-state index contributed by atoms with van der Waals surface area (Å²) in [6.45, 7) is 3.78. The molecule has 0 saturated carbocycles. The molecule has 0 spiro atoms. The van der Waals surface area contributed by atoms with Crippen LogP contribution >= 0.6 is 0 Å². The van der Waals surface area contributed by atoms with E-state index in [2.05, 4.69) is 4.42 Å². The molecule has 1 rings (SSSR count). The van der Waals surface area contributed by atoms with Gasteiger partial charge in [-0.2, -0.15) is 0 Å². The van der Waals surface area contributed by atoms with Gasteiger partial charge < -0.3 is 9.52 Å². The van der Waals surface area contributed by atoms with Gasteiger partial charge in [0.25, 0.3) is 0 Å². The largest absolute Gasteiger partial charge is 0.508 e. The van der Waals surface area contributed by atoms with Crippen LogP contribution in [0.15, 0.2) is 21.3 Å². The van der Waals surface area contributed by atoms with Crippen molar-refractivity contribution >= 4 is 5.78 Å². The number of aromatic hydroxyl groups is 1. The van der Waals surface area contributed by atoms with E-state index in [1.54, 1.807) is 0 Å². The maximum Gasteiger partial charge on any atom is 0.340 e. The van der Waals surface area contributed by atoms with E-state index in [1.165, 1.54) is 0 Å². The second-order valence-corrected chi connectivity index (χ2v) is 3.52. The first-order valence-electron chi connectivity index (χ1n) is 4.36. The van der Waals surface area contributed by atoms with E-state index in [1.807, 2.05) is 13.8 Å². The highest BCUT2D eigenvalue weighted by Gasteiger charge is 2.12. The van der Waals surface area contributed by atoms with E-state index in [9.17, 15) is 9.59 Å². The molecule has 0 bridgehead atoms. The summed E-state index contributed by atoms with van der Waals surface area (Å²) in [4.78, 5) is 22.2. The Balaban J connectivity index is 2.96. The SMILES string of the molecule is CC(C)CC(=O)c1cc(O)cc(=O)o1. The number of Topliss-reactive ketones (excluding diaryl/α,β-unsaturated/α-hetero) is 1. The van der Waals surface area contributed by atoms with Crippen molar-refractivity contribution in [3.8, 4) is 5.75 Å². The first kappa shape index (κ1) is 10.5. The van der Waals surface area contributed by atoms with Crippen LogP contribution in [0.4, 0.5) is 0 Å². The molecule has 0 saturated heterocycles. The van der Waals surface area contributed by atoms with Crippen molar-refractivity contribution in [2.24, 2.45) is 5.92 Å². The summed E-state index contributed by atoms with van der Waals surface area (Å²) < 4.78 is 4.66. The summed E-state index contributed by atoms with van der Waals surface area (Å²) in [5, 5.41) is 9.06. The topological polar surface area (TPSA) is 67.5 Å². The molecule has 1 aromatic rings. The molecule has 0 atom stereocenters. The Morgan fingerprint density at radius 2 is 2.14 bits per heavy atom. The normalized spacial score (nSPS) is 10.5. The third-order valence-corrected chi connectivity index (χ3v) is 1.62. The Bertz CT molecular complexity index is 389. The fourth-order valence-corrected chi connectivity index (χ4v) is 1.07. The average Bonchev–Trinajstić information content (AvgIpc) is 2.00. The van der Waals surface area contributed by atoms with Crippen LogP contribution in [0.3, 0.4) is 0 Å². The first-order chi connectivity index (χ1) is 6.49. The van der Waals surface area contributed by atoms with Crippen molar-refractivity contribution in [2.75, 3.05) is 0 Å². The lowest BCUT2D eigenvalue weighted by Gasteiger charge is -2.02. The lowest BCUT2D eigenvalue weighted by Crippen LogP contribution is -2.07. The highest BCUT2D eigenvalue weighted by molar-refractivity contribution is 5.93. The van der Waals surface area contributed by atoms with Gasteiger partial charge in [0.05, 0.1) is 6.07 Å². The van der Waals surface area contributed by atoms with Crippen LogP contribution in [0.5, 0.6) is 5.75 Å². The molecule has 1 aromatic heterocycles. The first-order valence-corrected chi connectivity index (χ1v) is 4.36. The Hall–Kier alpha value is -1.58. The second kappa shape index (κ2) is 4.09. The van der Waals surface area contributed by atoms with Gasteiger partial charge >= 0.3 is 5.63 Å². The molecule has 0 fully saturated rings. The van der Waals surface area contributed by atoms with E-state index in [0.717, 1.165) is 12.1 Å². The molecule has 76 valence electrons. The molecule has 0 radical (unpaired) electrons. The van der Waals surface area contributed by atoms with Crippen LogP contribution in [-0.2, 0) is 0 Å². The zero-order valence-corrected chi connectivity index (χ0v) is 8.11. The van der Waals surface area contributed by atoms with Gasteiger partial charge in [-0.3, -0.25) is 4.79 Å². The minimum Gasteiger partial charge on any atom is -0.508 e. The molecule has 1 heterocycles. The van der Waals surface area contributed by atoms with Gasteiger partial charge in [-0.05, 0) is 5.92 Å². The Kier molecular flexibility index (Phi) is 3.06. The van der Waals surface area contributed by atoms with Crippen molar-refractivity contribution in [3.63, 3.8) is 0 Å². The fraction of sp³-hybridized carbons (Fsp3) is 0.400. The molecular weight excluding hydrogens is 184 g/mol. The quantitative estimate of drug-likeness (QED) is 0.745. The van der Waals surface area contributed by atoms with E-state index in [0.29, 0.717) is 6.42 Å². The minimum absolute atomic E-state index is 0.0799. The predicted octanol–water partition coefficient (Wildman–Crippen LogP) is 1.57. The van der Waals surface area contributed by atoms with Crippen LogP contribution in [0.25, 0.3) is 0 Å². The van der Waals surface area contributed by atoms with Gasteiger partial charge in [0, 0.05) is 12.5 Å². The number of carbonyl (C=O) groups excluding carboxylic acids is 1. The van der Waals surface area contributed by atoms with Crippen LogP contribution in [0.1, 0.15) is 30.8 Å². The number of rotatable bonds is 3. The van der Waals surface area contributed by atoms with E-state index < -0.39 is 5.63 Å². The van der Waals surface area contributed by atoms with Gasteiger partial charge in [0.15, 0.2) is 11.5 Å². The molecule has 0 amide bonds. The second-order valence-electron chi connectivity index (χ2n) is 3.52. The van der Waals surface area contributed by atoms with Crippen molar-refractivity contribution < 1.29 is 14.3 Å². The molecule has 4 nitrogen and oxygen atoms in total. The summed E-state index contributed by atoms with van der Waals surface area (Å²) >= 11 is 0. The van der Waals surface area contributed by atoms with Gasteiger partial charge in [0.2, 0.25) is 0 Å². The lowest BCUT2D eigenvalue weighted by atomic mass is 10.1. The van der Waals surface area contributed by atoms with Crippen LogP contribution in [-0.4, -0.2) is 10.9 Å². The number of hydrogen-bond acceptors (Lipinski definition) is 4. The van der Waals surface area contributed by atoms with Crippen molar-refractivity contribution in [1.29, 1.82) is 0 Å². The molecule has 14 heavy (non-hydrogen) atoms. The van der Waals surface area contributed by atoms with Gasteiger partial charge in [-0.25, -0.2) is 4.79 Å². The number of carbonyl (C=O) groups is 1. The predicted molar refractivity (Wildman–Crippen MR) is 50.4 cm³/mol. The van der Waals surface area contributed by atoms with Gasteiger partial charge in [0.1, 0.15) is 5.75 Å². The molecule has 0 aliphatic carbocycles. The highest BCUT2D eigenvalue weighted by Crippen LogP contribution is 2.12. The average molecular weight is 196 g/mol. The van der Waals surface area contributed by atoms with E-state index >= 15 is 0 Å². The van der Waals surface area contributed by atoms with E-state index in [-0.39, 0.29) is 23.2 Å². The highest BCUT2D eigenvalue weighted by atomic mass is 16.4. The summed E-state index contributed by atoms with van der Waals surface area (Å²) in [5.41, 5.74) is -0.711. The van der Waals surface area contributed by atoms with Crippen molar-refractivity contribution in [2.45, 2.75) is 20.3 Å². The monoisotopic (exact) mass is 196 g/mol. The zero-order valence-electron chi connectivity index (χ0n) is 8.11. The van der Waals surface area contributed by atoms with Gasteiger partial charge in [-0.1, -0.05) is 13.8 Å². The number of ketones is 1. The summed E-state index contributed by atoms with van der Waals surface area (Å²) in [6.07, 6.45) is 0.298. The maximum absolute atomic E-state index is 11.4. The molecule has 0 aromatic carbocycles. The van der Waals surface area contributed by atoms with Crippen molar-refractivity contribution in [1.82, 2.24) is 0 Å². The molecule has 4 heteroatoms. The fourth-order valence-electron chi connectivity index (χ4n) is 1.07. The van der Waals surface area contributed by atoms with Crippen LogP contribution in [0.2, 0.25) is 0 Å². The maximum atomic E-state index is 11.4. The Morgan fingerprint density at radius 1 is 1.50 bits per heavy atom. The smallest absolute Gasteiger partial charge is 0.340 e. The molecule has 0 aliphatic heterocycles. The van der Waals surface area contributed by atoms with E-state index in [4.69, 9.17) is 5.11 Å². The summed E-state index contributed by atoms with van der Waals surface area (Å²) in [7, 11) is 0. The Labute approximate surface area is 81.2 Å². The van der Waals surface area contributed by atoms with Crippen LogP contribution in [0, 0.1) is 5.92 Å². The van der Waals surface area contributed by atoms with Crippen molar-refractivity contribution in [3.05, 3.63) is 28.3 Å². The third-order valence-electron chi connectivity index (χ3n) is 1.62. The number of hydrogen-bond donors (Lipinski definition) is 1. The molecule has 0 unspecified atom stereocenters. The molecule has 1 N–H and O–H groups in total. The summed E-state index contributed by atoms with van der Waals surface area (Å²) in [5.74, 6) is -0.403. The summed E-state index contributed by atoms with van der Waals surface area (Å²) in [6, 6.07) is 2.08. The van der Waals surface area contributed by atoms with Crippen LogP contribution < -0.4 is 5.63 Å². The molecule has 0 aliphatic rings. The van der Waals surface area contributed by atoms with Gasteiger partial charge in [-0.15, -0.1) is 0 Å². The molecular formula is C10H12O4.